The number of piperidine rings is 1. The number of hydrogen-bond acceptors (Lipinski definition) is 3. The average Bonchev–Trinajstić information content (AvgIpc) is 3.26. The summed E-state index contributed by atoms with van der Waals surface area (Å²) in [6, 6.07) is 13.7. The molecule has 1 aliphatic heterocycles. The minimum Gasteiger partial charge on any atom is -0.352 e. The van der Waals surface area contributed by atoms with E-state index in [9.17, 15) is 9.59 Å². The van der Waals surface area contributed by atoms with Gasteiger partial charge in [-0.3, -0.25) is 14.3 Å². The van der Waals surface area contributed by atoms with Gasteiger partial charge in [-0.25, -0.2) is 0 Å². The molecular formula is C23H26N4O2. The van der Waals surface area contributed by atoms with Gasteiger partial charge in [0, 0.05) is 37.9 Å². The van der Waals surface area contributed by atoms with Crippen LogP contribution in [0.25, 0.3) is 10.8 Å². The summed E-state index contributed by atoms with van der Waals surface area (Å²) in [5.74, 6) is 0.220. The Morgan fingerprint density at radius 3 is 2.83 bits per heavy atom. The van der Waals surface area contributed by atoms with E-state index in [1.54, 1.807) is 17.1 Å². The van der Waals surface area contributed by atoms with Crippen LogP contribution in [0.2, 0.25) is 0 Å². The van der Waals surface area contributed by atoms with E-state index in [4.69, 9.17) is 0 Å². The summed E-state index contributed by atoms with van der Waals surface area (Å²) in [6.45, 7) is 4.73. The van der Waals surface area contributed by atoms with Crippen LogP contribution in [0.3, 0.4) is 0 Å². The van der Waals surface area contributed by atoms with Gasteiger partial charge in [0.05, 0.1) is 11.8 Å². The lowest BCUT2D eigenvalue weighted by atomic mass is 9.97. The van der Waals surface area contributed by atoms with E-state index < -0.39 is 0 Å². The lowest BCUT2D eigenvalue weighted by Gasteiger charge is -2.32. The molecule has 29 heavy (non-hydrogen) atoms. The van der Waals surface area contributed by atoms with Gasteiger partial charge >= 0.3 is 0 Å². The van der Waals surface area contributed by atoms with Crippen molar-refractivity contribution >= 4 is 22.6 Å². The molecule has 0 unspecified atom stereocenters. The number of aromatic nitrogens is 2. The second-order valence-corrected chi connectivity index (χ2v) is 7.58. The van der Waals surface area contributed by atoms with Crippen LogP contribution in [0.4, 0.5) is 0 Å². The molecule has 2 amide bonds. The van der Waals surface area contributed by atoms with Gasteiger partial charge in [0.2, 0.25) is 0 Å². The Morgan fingerprint density at radius 1 is 1.17 bits per heavy atom. The smallest absolute Gasteiger partial charge is 0.257 e. The minimum absolute atomic E-state index is 0.0229. The Balaban J connectivity index is 1.38. The van der Waals surface area contributed by atoms with Gasteiger partial charge in [-0.15, -0.1) is 0 Å². The van der Waals surface area contributed by atoms with Gasteiger partial charge < -0.3 is 10.2 Å². The molecule has 6 heteroatoms. The topological polar surface area (TPSA) is 67.2 Å². The van der Waals surface area contributed by atoms with Crippen LogP contribution in [-0.4, -0.2) is 46.1 Å². The van der Waals surface area contributed by atoms with E-state index in [0.29, 0.717) is 24.2 Å². The molecule has 0 bridgehead atoms. The van der Waals surface area contributed by atoms with Crippen LogP contribution in [0.1, 0.15) is 40.5 Å². The highest BCUT2D eigenvalue weighted by molar-refractivity contribution is 6.07. The number of aryl methyl sites for hydroxylation is 1. The van der Waals surface area contributed by atoms with Gasteiger partial charge in [-0.05, 0) is 42.5 Å². The van der Waals surface area contributed by atoms with E-state index in [1.807, 2.05) is 54.3 Å². The number of rotatable bonds is 5. The van der Waals surface area contributed by atoms with Crippen molar-refractivity contribution in [1.29, 1.82) is 0 Å². The molecule has 0 saturated carbocycles. The van der Waals surface area contributed by atoms with Crippen molar-refractivity contribution < 1.29 is 9.59 Å². The predicted octanol–water partition coefficient (Wildman–Crippen LogP) is 3.34. The van der Waals surface area contributed by atoms with Crippen molar-refractivity contribution in [3.8, 4) is 0 Å². The summed E-state index contributed by atoms with van der Waals surface area (Å²) in [5, 5.41) is 9.30. The number of nitrogens with one attached hydrogen (secondary N) is 1. The molecule has 1 aliphatic rings. The fraction of sp³-hybridized carbons (Fsp3) is 0.348. The maximum Gasteiger partial charge on any atom is 0.257 e. The summed E-state index contributed by atoms with van der Waals surface area (Å²) in [4.78, 5) is 27.4. The van der Waals surface area contributed by atoms with Gasteiger partial charge in [0.15, 0.2) is 0 Å². The Hall–Kier alpha value is -3.15. The summed E-state index contributed by atoms with van der Waals surface area (Å²) < 4.78 is 1.76. The largest absolute Gasteiger partial charge is 0.352 e. The highest BCUT2D eigenvalue weighted by atomic mass is 16.2. The van der Waals surface area contributed by atoms with Crippen LogP contribution in [0.5, 0.6) is 0 Å². The Labute approximate surface area is 170 Å². The molecule has 6 nitrogen and oxygen atoms in total. The standard InChI is InChI=1S/C23H26N4O2/c1-2-27-16-19(14-25-27)23(29)26-12-6-7-17(15-26)13-24-22(28)21-11-5-9-18-8-3-4-10-20(18)21/h3-5,8-11,14,16-17H,2,6-7,12-13,15H2,1H3,(H,24,28)/t17-/m0/s1. The van der Waals surface area contributed by atoms with Crippen molar-refractivity contribution in [1.82, 2.24) is 20.0 Å². The molecule has 1 saturated heterocycles. The van der Waals surface area contributed by atoms with Crippen LogP contribution in [0, 0.1) is 5.92 Å². The third-order valence-electron chi connectivity index (χ3n) is 5.60. The van der Waals surface area contributed by atoms with E-state index in [2.05, 4.69) is 10.4 Å². The van der Waals surface area contributed by atoms with Crippen molar-refractivity contribution in [2.24, 2.45) is 5.92 Å². The second kappa shape index (κ2) is 8.47. The number of benzene rings is 2. The van der Waals surface area contributed by atoms with Gasteiger partial charge in [-0.1, -0.05) is 36.4 Å². The average molecular weight is 390 g/mol. The summed E-state index contributed by atoms with van der Waals surface area (Å²) in [7, 11) is 0. The molecule has 0 spiro atoms. The molecule has 1 fully saturated rings. The molecule has 1 N–H and O–H groups in total. The number of nitrogens with zero attached hydrogens (tertiary/aromatic N) is 3. The molecule has 2 heterocycles. The number of likely N-dealkylation sites (tertiary alicyclic amines) is 1. The molecule has 0 aliphatic carbocycles. The SMILES string of the molecule is CCn1cc(C(=O)N2CCC[C@@H](CNC(=O)c3cccc4ccccc34)C2)cn1. The lowest BCUT2D eigenvalue weighted by molar-refractivity contribution is 0.0671. The first-order valence-corrected chi connectivity index (χ1v) is 10.2. The fourth-order valence-corrected chi connectivity index (χ4v) is 4.00. The highest BCUT2D eigenvalue weighted by Gasteiger charge is 2.25. The normalized spacial score (nSPS) is 16.7. The first-order chi connectivity index (χ1) is 14.2. The van der Waals surface area contributed by atoms with Crippen LogP contribution >= 0.6 is 0 Å². The van der Waals surface area contributed by atoms with Gasteiger partial charge in [-0.2, -0.15) is 5.10 Å². The number of carbonyl (C=O) groups excluding carboxylic acids is 2. The highest BCUT2D eigenvalue weighted by Crippen LogP contribution is 2.20. The Kier molecular flexibility index (Phi) is 5.60. The van der Waals surface area contributed by atoms with Crippen molar-refractivity contribution in [3.05, 3.63) is 66.0 Å². The zero-order valence-electron chi connectivity index (χ0n) is 16.7. The van der Waals surface area contributed by atoms with E-state index >= 15 is 0 Å². The maximum atomic E-state index is 12.8. The Bertz CT molecular complexity index is 1020. The molecule has 4 rings (SSSR count). The lowest BCUT2D eigenvalue weighted by Crippen LogP contribution is -2.43. The molecule has 2 aromatic carbocycles. The quantitative estimate of drug-likeness (QED) is 0.727. The maximum absolute atomic E-state index is 12.8. The molecule has 1 atom stereocenters. The first kappa shape index (κ1) is 19.2. The second-order valence-electron chi connectivity index (χ2n) is 7.58. The molecule has 1 aromatic heterocycles. The third kappa shape index (κ3) is 4.16. The van der Waals surface area contributed by atoms with Crippen LogP contribution in [-0.2, 0) is 6.54 Å². The van der Waals surface area contributed by atoms with Crippen molar-refractivity contribution in [2.75, 3.05) is 19.6 Å². The van der Waals surface area contributed by atoms with Crippen LogP contribution < -0.4 is 5.32 Å². The molecule has 150 valence electrons. The fourth-order valence-electron chi connectivity index (χ4n) is 4.00. The first-order valence-electron chi connectivity index (χ1n) is 10.2. The zero-order valence-corrected chi connectivity index (χ0v) is 16.7. The Morgan fingerprint density at radius 2 is 2.00 bits per heavy atom. The van der Waals surface area contributed by atoms with E-state index in [0.717, 1.165) is 36.7 Å². The van der Waals surface area contributed by atoms with Crippen molar-refractivity contribution in [2.45, 2.75) is 26.3 Å². The van der Waals surface area contributed by atoms with Gasteiger partial charge in [0.1, 0.15) is 0 Å². The number of amides is 2. The van der Waals surface area contributed by atoms with Crippen molar-refractivity contribution in [3.63, 3.8) is 0 Å². The zero-order chi connectivity index (χ0) is 20.2. The minimum atomic E-state index is -0.0607. The predicted molar refractivity (Wildman–Crippen MR) is 113 cm³/mol. The summed E-state index contributed by atoms with van der Waals surface area (Å²) in [6.07, 6.45) is 5.39. The number of hydrogen-bond donors (Lipinski definition) is 1. The monoisotopic (exact) mass is 390 g/mol. The van der Waals surface area contributed by atoms with Gasteiger partial charge in [0.25, 0.3) is 11.8 Å². The number of carbonyl (C=O) groups is 2. The molecular weight excluding hydrogens is 364 g/mol. The van der Waals surface area contributed by atoms with Crippen LogP contribution in [0.15, 0.2) is 54.9 Å². The molecule has 0 radical (unpaired) electrons. The molecule has 3 aromatic rings. The number of fused-ring (bicyclic) bond motifs is 1. The summed E-state index contributed by atoms with van der Waals surface area (Å²) in [5.41, 5.74) is 1.33. The van der Waals surface area contributed by atoms with E-state index in [1.165, 1.54) is 0 Å². The van der Waals surface area contributed by atoms with E-state index in [-0.39, 0.29) is 17.7 Å². The third-order valence-corrected chi connectivity index (χ3v) is 5.60. The summed E-state index contributed by atoms with van der Waals surface area (Å²) >= 11 is 0.